The van der Waals surface area contributed by atoms with Crippen molar-refractivity contribution in [1.82, 2.24) is 0 Å². The van der Waals surface area contributed by atoms with Gasteiger partial charge in [-0.05, 0) is 50.2 Å². The smallest absolute Gasteiger partial charge is 0.137 e. The molecule has 0 bridgehead atoms. The molecule has 0 N–H and O–H groups in total. The first-order valence-corrected chi connectivity index (χ1v) is 10.1. The Balaban J connectivity index is 1.96. The van der Waals surface area contributed by atoms with Gasteiger partial charge in [-0.1, -0.05) is 53.0 Å². The number of rotatable bonds is 4. The second-order valence-electron chi connectivity index (χ2n) is 6.66. The highest BCUT2D eigenvalue weighted by molar-refractivity contribution is 6.42. The van der Waals surface area contributed by atoms with Gasteiger partial charge in [-0.15, -0.1) is 0 Å². The van der Waals surface area contributed by atoms with Crippen molar-refractivity contribution < 1.29 is 9.15 Å². The normalized spacial score (nSPS) is 11.8. The van der Waals surface area contributed by atoms with E-state index in [0.29, 0.717) is 22.3 Å². The highest BCUT2D eigenvalue weighted by Gasteiger charge is 2.08. The third-order valence-corrected chi connectivity index (χ3v) is 5.25. The Bertz CT molecular complexity index is 1240. The van der Waals surface area contributed by atoms with Crippen LogP contribution < -0.4 is 10.1 Å². The second kappa shape index (κ2) is 8.32. The van der Waals surface area contributed by atoms with E-state index in [4.69, 9.17) is 37.3 Å². The van der Waals surface area contributed by atoms with Gasteiger partial charge in [0.2, 0.25) is 0 Å². The SMILES string of the molecule is CCOc1ccc2oc(-c3ccc(C)cc3)cc(=Nc3ccc(Cl)c(Cl)c3)c2c1. The van der Waals surface area contributed by atoms with Crippen LogP contribution in [0.1, 0.15) is 12.5 Å². The lowest BCUT2D eigenvalue weighted by Crippen LogP contribution is -2.04. The molecule has 1 aromatic heterocycles. The lowest BCUT2D eigenvalue weighted by Gasteiger charge is -2.08. The molecule has 0 saturated carbocycles. The highest BCUT2D eigenvalue weighted by atomic mass is 35.5. The van der Waals surface area contributed by atoms with Crippen molar-refractivity contribution in [1.29, 1.82) is 0 Å². The summed E-state index contributed by atoms with van der Waals surface area (Å²) in [7, 11) is 0. The Hall–Kier alpha value is -2.75. The summed E-state index contributed by atoms with van der Waals surface area (Å²) in [6.45, 7) is 4.60. The number of hydrogen-bond donors (Lipinski definition) is 0. The van der Waals surface area contributed by atoms with Crippen molar-refractivity contribution in [3.05, 3.63) is 87.7 Å². The van der Waals surface area contributed by atoms with Crippen molar-refractivity contribution in [2.24, 2.45) is 4.99 Å². The third-order valence-electron chi connectivity index (χ3n) is 4.51. The summed E-state index contributed by atoms with van der Waals surface area (Å²) in [6, 6.07) is 21.2. The van der Waals surface area contributed by atoms with Crippen LogP contribution in [0.2, 0.25) is 10.0 Å². The fourth-order valence-corrected chi connectivity index (χ4v) is 3.34. The fourth-order valence-electron chi connectivity index (χ4n) is 3.05. The lowest BCUT2D eigenvalue weighted by molar-refractivity contribution is 0.340. The molecular weight excluding hydrogens is 405 g/mol. The predicted molar refractivity (Wildman–Crippen MR) is 119 cm³/mol. The first-order chi connectivity index (χ1) is 14.0. The molecule has 0 saturated heterocycles. The number of aryl methyl sites for hydroxylation is 1. The van der Waals surface area contributed by atoms with Crippen LogP contribution in [0.4, 0.5) is 5.69 Å². The number of fused-ring (bicyclic) bond motifs is 1. The molecule has 0 aliphatic heterocycles. The Morgan fingerprint density at radius 2 is 1.69 bits per heavy atom. The molecule has 4 aromatic rings. The Kier molecular flexibility index (Phi) is 5.61. The van der Waals surface area contributed by atoms with Crippen molar-refractivity contribution in [2.45, 2.75) is 13.8 Å². The van der Waals surface area contributed by atoms with Gasteiger partial charge in [0.05, 0.1) is 27.7 Å². The van der Waals surface area contributed by atoms with E-state index in [9.17, 15) is 0 Å². The fraction of sp³-hybridized carbons (Fsp3) is 0.125. The average molecular weight is 424 g/mol. The van der Waals surface area contributed by atoms with E-state index in [2.05, 4.69) is 19.1 Å². The van der Waals surface area contributed by atoms with Gasteiger partial charge in [-0.2, -0.15) is 0 Å². The number of nitrogens with zero attached hydrogens (tertiary/aromatic N) is 1. The van der Waals surface area contributed by atoms with Crippen LogP contribution in [0.15, 0.2) is 76.1 Å². The molecule has 29 heavy (non-hydrogen) atoms. The summed E-state index contributed by atoms with van der Waals surface area (Å²) in [5.41, 5.74) is 3.61. The van der Waals surface area contributed by atoms with Crippen LogP contribution in [0.3, 0.4) is 0 Å². The van der Waals surface area contributed by atoms with E-state index < -0.39 is 0 Å². The quantitative estimate of drug-likeness (QED) is 0.343. The number of ether oxygens (including phenoxy) is 1. The van der Waals surface area contributed by atoms with Crippen LogP contribution in [-0.2, 0) is 0 Å². The maximum absolute atomic E-state index is 6.18. The van der Waals surface area contributed by atoms with Gasteiger partial charge in [0.25, 0.3) is 0 Å². The largest absolute Gasteiger partial charge is 0.494 e. The molecule has 1 heterocycles. The molecule has 0 radical (unpaired) electrons. The average Bonchev–Trinajstić information content (AvgIpc) is 2.72. The van der Waals surface area contributed by atoms with E-state index in [0.717, 1.165) is 33.4 Å². The monoisotopic (exact) mass is 423 g/mol. The van der Waals surface area contributed by atoms with E-state index >= 15 is 0 Å². The van der Waals surface area contributed by atoms with Gasteiger partial charge in [-0.3, -0.25) is 0 Å². The molecule has 3 aromatic carbocycles. The maximum Gasteiger partial charge on any atom is 0.137 e. The zero-order chi connectivity index (χ0) is 20.4. The summed E-state index contributed by atoms with van der Waals surface area (Å²) in [4.78, 5) is 4.82. The van der Waals surface area contributed by atoms with Crippen LogP contribution in [0, 0.1) is 6.92 Å². The van der Waals surface area contributed by atoms with E-state index in [1.54, 1.807) is 12.1 Å². The van der Waals surface area contributed by atoms with Gasteiger partial charge in [0.1, 0.15) is 17.1 Å². The van der Waals surface area contributed by atoms with Crippen LogP contribution in [-0.4, -0.2) is 6.61 Å². The molecule has 0 fully saturated rings. The van der Waals surface area contributed by atoms with Crippen molar-refractivity contribution in [3.63, 3.8) is 0 Å². The van der Waals surface area contributed by atoms with Crippen LogP contribution >= 0.6 is 23.2 Å². The molecule has 0 unspecified atom stereocenters. The van der Waals surface area contributed by atoms with E-state index in [-0.39, 0.29) is 0 Å². The van der Waals surface area contributed by atoms with Gasteiger partial charge in [-0.25, -0.2) is 4.99 Å². The Morgan fingerprint density at radius 3 is 2.41 bits per heavy atom. The zero-order valence-corrected chi connectivity index (χ0v) is 17.6. The Morgan fingerprint density at radius 1 is 0.897 bits per heavy atom. The molecule has 0 spiro atoms. The standard InChI is InChI=1S/C24H19Cl2NO2/c1-3-28-18-9-11-23-19(13-18)22(27-17-8-10-20(25)21(26)12-17)14-24(29-23)16-6-4-15(2)5-7-16/h4-14H,3H2,1-2H3. The van der Waals surface area contributed by atoms with E-state index in [1.165, 1.54) is 5.56 Å². The molecule has 3 nitrogen and oxygen atoms in total. The van der Waals surface area contributed by atoms with Crippen molar-refractivity contribution in [2.75, 3.05) is 6.61 Å². The first kappa shape index (κ1) is 19.6. The summed E-state index contributed by atoms with van der Waals surface area (Å²) < 4.78 is 11.8. The minimum Gasteiger partial charge on any atom is -0.494 e. The zero-order valence-electron chi connectivity index (χ0n) is 16.1. The molecule has 4 rings (SSSR count). The lowest BCUT2D eigenvalue weighted by atomic mass is 10.1. The number of halogens is 2. The minimum absolute atomic E-state index is 0.464. The van der Waals surface area contributed by atoms with Crippen molar-refractivity contribution >= 4 is 39.9 Å². The Labute approximate surface area is 179 Å². The van der Waals surface area contributed by atoms with Crippen LogP contribution in [0.25, 0.3) is 22.3 Å². The first-order valence-electron chi connectivity index (χ1n) is 9.31. The van der Waals surface area contributed by atoms with Gasteiger partial charge in [0, 0.05) is 17.0 Å². The summed E-state index contributed by atoms with van der Waals surface area (Å²) in [6.07, 6.45) is 0. The van der Waals surface area contributed by atoms with Gasteiger partial charge in [0.15, 0.2) is 0 Å². The minimum atomic E-state index is 0.464. The van der Waals surface area contributed by atoms with Crippen LogP contribution in [0.5, 0.6) is 5.75 Å². The summed E-state index contributed by atoms with van der Waals surface area (Å²) in [5.74, 6) is 1.50. The maximum atomic E-state index is 6.18. The summed E-state index contributed by atoms with van der Waals surface area (Å²) >= 11 is 12.2. The molecule has 0 aliphatic carbocycles. The molecule has 5 heteroatoms. The molecular formula is C24H19Cl2NO2. The summed E-state index contributed by atoms with van der Waals surface area (Å²) in [5, 5.41) is 2.59. The topological polar surface area (TPSA) is 34.7 Å². The van der Waals surface area contributed by atoms with Gasteiger partial charge < -0.3 is 9.15 Å². The third kappa shape index (κ3) is 4.31. The van der Waals surface area contributed by atoms with Crippen molar-refractivity contribution in [3.8, 4) is 17.1 Å². The predicted octanol–water partition coefficient (Wildman–Crippen LogP) is 7.35. The molecule has 0 atom stereocenters. The molecule has 0 aliphatic rings. The highest BCUT2D eigenvalue weighted by Crippen LogP contribution is 2.28. The van der Waals surface area contributed by atoms with Gasteiger partial charge >= 0.3 is 0 Å². The number of hydrogen-bond acceptors (Lipinski definition) is 3. The van der Waals surface area contributed by atoms with E-state index in [1.807, 2.05) is 49.4 Å². The second-order valence-corrected chi connectivity index (χ2v) is 7.48. The number of benzene rings is 3. The molecule has 146 valence electrons. The molecule has 0 amide bonds.